The van der Waals surface area contributed by atoms with E-state index in [1.54, 1.807) is 47.6 Å². The number of carbonyl (C=O) groups excluding carboxylic acids is 1. The Balaban J connectivity index is 1.28. The summed E-state index contributed by atoms with van der Waals surface area (Å²) in [5, 5.41) is 4.53. The van der Waals surface area contributed by atoms with Crippen LogP contribution < -0.4 is 0 Å². The van der Waals surface area contributed by atoms with Crippen LogP contribution in [0.2, 0.25) is 5.02 Å². The molecule has 3 heterocycles. The molecular weight excluding hydrogens is 480 g/mol. The van der Waals surface area contributed by atoms with E-state index in [1.807, 2.05) is 23.6 Å². The fourth-order valence-electron chi connectivity index (χ4n) is 3.80. The number of hydrogen-bond donors (Lipinski definition) is 0. The number of hydrogen-bond acceptors (Lipinski definition) is 6. The number of pyridine rings is 1. The van der Waals surface area contributed by atoms with Crippen molar-refractivity contribution in [3.63, 3.8) is 0 Å². The van der Waals surface area contributed by atoms with Gasteiger partial charge in [0.2, 0.25) is 10.0 Å². The lowest BCUT2D eigenvalue weighted by Crippen LogP contribution is -2.50. The predicted octanol–water partition coefficient (Wildman–Crippen LogP) is 4.16. The minimum atomic E-state index is -3.67. The molecule has 33 heavy (non-hydrogen) atoms. The van der Waals surface area contributed by atoms with Crippen molar-refractivity contribution in [3.05, 3.63) is 76.3 Å². The standard InChI is InChI=1S/C23H19ClN4O3S2/c24-19-3-1-18-14-20(4-2-17(18)13-19)33(30,31)28-11-9-27(10-12-28)23(29)22-26-21(15-32-22)16-5-7-25-8-6-16/h1-8,13-15H,9-12H2. The SMILES string of the molecule is O=C(c1nc(-c2ccncc2)cs1)N1CCN(S(=O)(=O)c2ccc3cc(Cl)ccc3c2)CC1. The van der Waals surface area contributed by atoms with Gasteiger partial charge >= 0.3 is 0 Å². The second kappa shape index (κ2) is 8.83. The second-order valence-corrected chi connectivity index (χ2v) is 10.9. The van der Waals surface area contributed by atoms with Gasteiger partial charge in [-0.15, -0.1) is 11.3 Å². The molecule has 7 nitrogen and oxygen atoms in total. The largest absolute Gasteiger partial charge is 0.334 e. The Morgan fingerprint density at radius 3 is 2.39 bits per heavy atom. The number of carbonyl (C=O) groups is 1. The van der Waals surface area contributed by atoms with E-state index in [9.17, 15) is 13.2 Å². The van der Waals surface area contributed by atoms with Gasteiger partial charge in [-0.3, -0.25) is 9.78 Å². The van der Waals surface area contributed by atoms with Crippen LogP contribution in [-0.2, 0) is 10.0 Å². The summed E-state index contributed by atoms with van der Waals surface area (Å²) in [6.07, 6.45) is 3.36. The van der Waals surface area contributed by atoms with Gasteiger partial charge in [-0.05, 0) is 47.2 Å². The molecule has 0 unspecified atom stereocenters. The van der Waals surface area contributed by atoms with Crippen molar-refractivity contribution in [3.8, 4) is 11.3 Å². The Bertz CT molecular complexity index is 1430. The number of sulfonamides is 1. The highest BCUT2D eigenvalue weighted by molar-refractivity contribution is 7.89. The lowest BCUT2D eigenvalue weighted by Gasteiger charge is -2.33. The molecule has 0 spiro atoms. The van der Waals surface area contributed by atoms with Crippen molar-refractivity contribution >= 4 is 49.6 Å². The summed E-state index contributed by atoms with van der Waals surface area (Å²) in [5.41, 5.74) is 1.62. The Kier molecular flexibility index (Phi) is 5.88. The third-order valence-electron chi connectivity index (χ3n) is 5.60. The molecule has 1 aliphatic rings. The molecule has 1 aliphatic heterocycles. The van der Waals surface area contributed by atoms with Gasteiger partial charge in [-0.25, -0.2) is 13.4 Å². The number of thiazole rings is 1. The van der Waals surface area contributed by atoms with Crippen LogP contribution in [0.15, 0.2) is 71.2 Å². The van der Waals surface area contributed by atoms with Gasteiger partial charge in [0.1, 0.15) is 0 Å². The molecule has 1 fully saturated rings. The number of fused-ring (bicyclic) bond motifs is 1. The van der Waals surface area contributed by atoms with Gasteiger partial charge < -0.3 is 4.90 Å². The van der Waals surface area contributed by atoms with E-state index in [1.165, 1.54) is 15.6 Å². The molecule has 0 N–H and O–H groups in total. The van der Waals surface area contributed by atoms with E-state index in [0.717, 1.165) is 22.0 Å². The molecule has 1 saturated heterocycles. The zero-order valence-electron chi connectivity index (χ0n) is 17.4. The Labute approximate surface area is 200 Å². The van der Waals surface area contributed by atoms with Crippen LogP contribution in [-0.4, -0.2) is 59.7 Å². The van der Waals surface area contributed by atoms with E-state index in [4.69, 9.17) is 11.6 Å². The number of amides is 1. The van der Waals surface area contributed by atoms with Crippen molar-refractivity contribution in [2.75, 3.05) is 26.2 Å². The quantitative estimate of drug-likeness (QED) is 0.422. The average molecular weight is 499 g/mol. The molecule has 2 aromatic heterocycles. The van der Waals surface area contributed by atoms with Crippen LogP contribution in [0, 0.1) is 0 Å². The van der Waals surface area contributed by atoms with Crippen molar-refractivity contribution in [2.24, 2.45) is 0 Å². The summed E-state index contributed by atoms with van der Waals surface area (Å²) < 4.78 is 27.8. The summed E-state index contributed by atoms with van der Waals surface area (Å²) in [6, 6.07) is 14.1. The van der Waals surface area contributed by atoms with E-state index >= 15 is 0 Å². The minimum Gasteiger partial charge on any atom is -0.334 e. The highest BCUT2D eigenvalue weighted by Gasteiger charge is 2.31. The Hall–Kier alpha value is -2.85. The van der Waals surface area contributed by atoms with Crippen LogP contribution in [0.5, 0.6) is 0 Å². The fraction of sp³-hybridized carbons (Fsp3) is 0.174. The topological polar surface area (TPSA) is 83.5 Å². The smallest absolute Gasteiger partial charge is 0.282 e. The van der Waals surface area contributed by atoms with Gasteiger partial charge in [0.15, 0.2) is 5.01 Å². The lowest BCUT2D eigenvalue weighted by molar-refractivity contribution is 0.0697. The van der Waals surface area contributed by atoms with Crippen molar-refractivity contribution in [1.82, 2.24) is 19.2 Å². The van der Waals surface area contributed by atoms with Gasteiger partial charge in [0.05, 0.1) is 10.6 Å². The molecule has 0 bridgehead atoms. The molecule has 0 radical (unpaired) electrons. The first-order valence-corrected chi connectivity index (χ1v) is 13.0. The van der Waals surface area contributed by atoms with Gasteiger partial charge in [-0.1, -0.05) is 23.7 Å². The van der Waals surface area contributed by atoms with E-state index < -0.39 is 10.0 Å². The molecule has 0 aliphatic carbocycles. The number of nitrogens with zero attached hydrogens (tertiary/aromatic N) is 4. The maximum Gasteiger partial charge on any atom is 0.282 e. The molecule has 0 saturated carbocycles. The predicted molar refractivity (Wildman–Crippen MR) is 129 cm³/mol. The first kappa shape index (κ1) is 22.0. The number of rotatable bonds is 4. The number of piperazine rings is 1. The molecule has 2 aromatic carbocycles. The zero-order valence-corrected chi connectivity index (χ0v) is 19.8. The maximum atomic E-state index is 13.2. The summed E-state index contributed by atoms with van der Waals surface area (Å²) in [4.78, 5) is 23.3. The first-order chi connectivity index (χ1) is 15.9. The Morgan fingerprint density at radius 2 is 1.64 bits per heavy atom. The fourth-order valence-corrected chi connectivity index (χ4v) is 6.23. The average Bonchev–Trinajstić information content (AvgIpc) is 3.34. The molecular formula is C23H19ClN4O3S2. The van der Waals surface area contributed by atoms with Gasteiger partial charge in [-0.2, -0.15) is 4.31 Å². The molecule has 5 rings (SSSR count). The second-order valence-electron chi connectivity index (χ2n) is 7.62. The highest BCUT2D eigenvalue weighted by atomic mass is 35.5. The van der Waals surface area contributed by atoms with Crippen molar-refractivity contribution in [2.45, 2.75) is 4.90 Å². The molecule has 0 atom stereocenters. The summed E-state index contributed by atoms with van der Waals surface area (Å²) in [5.74, 6) is -0.181. The van der Waals surface area contributed by atoms with Crippen LogP contribution in [0.3, 0.4) is 0 Å². The van der Waals surface area contributed by atoms with Crippen LogP contribution in [0.1, 0.15) is 9.80 Å². The van der Waals surface area contributed by atoms with Crippen LogP contribution in [0.25, 0.3) is 22.0 Å². The van der Waals surface area contributed by atoms with Crippen LogP contribution >= 0.6 is 22.9 Å². The van der Waals surface area contributed by atoms with E-state index in [2.05, 4.69) is 9.97 Å². The third-order valence-corrected chi connectivity index (χ3v) is 8.56. The molecule has 168 valence electrons. The van der Waals surface area contributed by atoms with Gasteiger partial charge in [0, 0.05) is 54.5 Å². The van der Waals surface area contributed by atoms with Crippen molar-refractivity contribution < 1.29 is 13.2 Å². The number of benzene rings is 2. The summed E-state index contributed by atoms with van der Waals surface area (Å²) in [7, 11) is -3.67. The zero-order chi connectivity index (χ0) is 23.0. The maximum absolute atomic E-state index is 13.2. The number of halogens is 1. The molecule has 4 aromatic rings. The molecule has 10 heteroatoms. The molecule has 1 amide bonds. The minimum absolute atomic E-state index is 0.181. The summed E-state index contributed by atoms with van der Waals surface area (Å²) >= 11 is 7.31. The van der Waals surface area contributed by atoms with Gasteiger partial charge in [0.25, 0.3) is 5.91 Å². The van der Waals surface area contributed by atoms with Crippen LogP contribution in [0.4, 0.5) is 0 Å². The Morgan fingerprint density at radius 1 is 0.939 bits per heavy atom. The normalized spacial score (nSPS) is 15.1. The number of aromatic nitrogens is 2. The van der Waals surface area contributed by atoms with E-state index in [-0.39, 0.29) is 23.9 Å². The first-order valence-electron chi connectivity index (χ1n) is 10.3. The lowest BCUT2D eigenvalue weighted by atomic mass is 10.1. The third kappa shape index (κ3) is 4.37. The monoisotopic (exact) mass is 498 g/mol. The van der Waals surface area contributed by atoms with E-state index in [0.29, 0.717) is 23.1 Å². The van der Waals surface area contributed by atoms with Crippen molar-refractivity contribution in [1.29, 1.82) is 0 Å². The highest BCUT2D eigenvalue weighted by Crippen LogP contribution is 2.26. The summed E-state index contributed by atoms with van der Waals surface area (Å²) in [6.45, 7) is 1.08.